The third-order valence-corrected chi connectivity index (χ3v) is 4.72. The van der Waals surface area contributed by atoms with Crippen LogP contribution < -0.4 is 9.62 Å². The lowest BCUT2D eigenvalue weighted by Gasteiger charge is -2.20. The molecule has 2 aromatic rings. The number of carbonyl (C=O) groups is 1. The van der Waals surface area contributed by atoms with E-state index in [2.05, 4.69) is 11.9 Å². The van der Waals surface area contributed by atoms with Crippen molar-refractivity contribution in [1.29, 1.82) is 0 Å². The van der Waals surface area contributed by atoms with Crippen molar-refractivity contribution < 1.29 is 13.2 Å². The van der Waals surface area contributed by atoms with Crippen molar-refractivity contribution in [2.24, 2.45) is 0 Å². The Kier molecular flexibility index (Phi) is 5.64. The Morgan fingerprint density at radius 2 is 1.83 bits per heavy atom. The molecule has 0 aliphatic rings. The summed E-state index contributed by atoms with van der Waals surface area (Å²) in [6.07, 6.45) is 2.62. The molecule has 1 N–H and O–H groups in total. The lowest BCUT2D eigenvalue weighted by atomic mass is 10.2. The smallest absolute Gasteiger partial charge is 0.255 e. The second-order valence-corrected chi connectivity index (χ2v) is 7.38. The number of anilines is 2. The summed E-state index contributed by atoms with van der Waals surface area (Å²) in [6, 6.07) is 13.2. The first-order valence-electron chi connectivity index (χ1n) is 7.07. The number of nitrogens with one attached hydrogen (secondary N) is 1. The zero-order valence-corrected chi connectivity index (χ0v) is 14.6. The van der Waals surface area contributed by atoms with Crippen LogP contribution in [0.25, 0.3) is 0 Å². The number of hydrogen-bond donors (Lipinski definition) is 1. The predicted octanol–water partition coefficient (Wildman–Crippen LogP) is 3.54. The number of rotatable bonds is 6. The van der Waals surface area contributed by atoms with Crippen LogP contribution in [0, 0.1) is 0 Å². The first-order valence-corrected chi connectivity index (χ1v) is 9.30. The van der Waals surface area contributed by atoms with Crippen LogP contribution in [0.1, 0.15) is 10.4 Å². The van der Waals surface area contributed by atoms with Gasteiger partial charge < -0.3 is 5.32 Å². The summed E-state index contributed by atoms with van der Waals surface area (Å²) in [5.41, 5.74) is 1.37. The van der Waals surface area contributed by atoms with Crippen molar-refractivity contribution in [3.63, 3.8) is 0 Å². The Morgan fingerprint density at radius 3 is 2.38 bits per heavy atom. The largest absolute Gasteiger partial charge is 0.321 e. The van der Waals surface area contributed by atoms with Crippen molar-refractivity contribution in [2.75, 3.05) is 22.4 Å². The Hall–Kier alpha value is -2.31. The van der Waals surface area contributed by atoms with Gasteiger partial charge >= 0.3 is 0 Å². The summed E-state index contributed by atoms with van der Waals surface area (Å²) in [4.78, 5) is 12.3. The number of nitrogens with zero attached hydrogens (tertiary/aromatic N) is 1. The number of amides is 1. The Balaban J connectivity index is 2.21. The fourth-order valence-electron chi connectivity index (χ4n) is 2.09. The molecule has 0 heterocycles. The molecule has 2 rings (SSSR count). The zero-order chi connectivity index (χ0) is 17.7. The molecule has 1 amide bonds. The summed E-state index contributed by atoms with van der Waals surface area (Å²) in [5, 5.41) is 3.15. The minimum absolute atomic E-state index is 0.157. The topological polar surface area (TPSA) is 66.5 Å². The molecule has 0 aromatic heterocycles. The normalized spacial score (nSPS) is 10.9. The fraction of sp³-hybridized carbons (Fsp3) is 0.118. The van der Waals surface area contributed by atoms with Gasteiger partial charge in [0.05, 0.1) is 29.2 Å². The van der Waals surface area contributed by atoms with Gasteiger partial charge in [0.1, 0.15) is 0 Å². The quantitative estimate of drug-likeness (QED) is 0.797. The Labute approximate surface area is 146 Å². The Morgan fingerprint density at radius 1 is 1.21 bits per heavy atom. The van der Waals surface area contributed by atoms with Crippen LogP contribution in [0.5, 0.6) is 0 Å². The zero-order valence-electron chi connectivity index (χ0n) is 13.1. The molecule has 0 aliphatic heterocycles. The van der Waals surface area contributed by atoms with Crippen molar-refractivity contribution in [1.82, 2.24) is 0 Å². The summed E-state index contributed by atoms with van der Waals surface area (Å²) < 4.78 is 24.8. The minimum Gasteiger partial charge on any atom is -0.321 e. The highest BCUT2D eigenvalue weighted by Gasteiger charge is 2.16. The van der Waals surface area contributed by atoms with E-state index in [4.69, 9.17) is 11.6 Å². The molecule has 5 nitrogen and oxygen atoms in total. The van der Waals surface area contributed by atoms with Gasteiger partial charge in [-0.3, -0.25) is 9.10 Å². The van der Waals surface area contributed by atoms with E-state index in [1.54, 1.807) is 48.5 Å². The SMILES string of the molecule is C=CCN(c1ccc(C(=O)Nc2ccccc2Cl)cc1)S(C)(=O)=O. The molecule has 126 valence electrons. The molecule has 0 saturated heterocycles. The minimum atomic E-state index is -3.42. The van der Waals surface area contributed by atoms with Crippen LogP contribution in [0.2, 0.25) is 5.02 Å². The van der Waals surface area contributed by atoms with Crippen LogP contribution in [0.3, 0.4) is 0 Å². The van der Waals surface area contributed by atoms with Crippen LogP contribution in [-0.2, 0) is 10.0 Å². The summed E-state index contributed by atoms with van der Waals surface area (Å²) >= 11 is 6.01. The summed E-state index contributed by atoms with van der Waals surface area (Å²) in [6.45, 7) is 3.71. The van der Waals surface area contributed by atoms with Gasteiger partial charge in [-0.05, 0) is 36.4 Å². The maximum atomic E-state index is 12.3. The van der Waals surface area contributed by atoms with E-state index in [-0.39, 0.29) is 12.5 Å². The van der Waals surface area contributed by atoms with Gasteiger partial charge in [-0.15, -0.1) is 6.58 Å². The van der Waals surface area contributed by atoms with Gasteiger partial charge in [0.15, 0.2) is 0 Å². The molecule has 0 radical (unpaired) electrons. The number of sulfonamides is 1. The highest BCUT2D eigenvalue weighted by molar-refractivity contribution is 7.92. The van der Waals surface area contributed by atoms with Gasteiger partial charge in [-0.1, -0.05) is 29.8 Å². The summed E-state index contributed by atoms with van der Waals surface area (Å²) in [5.74, 6) is -0.329. The predicted molar refractivity (Wildman–Crippen MR) is 98.2 cm³/mol. The van der Waals surface area contributed by atoms with Crippen LogP contribution in [-0.4, -0.2) is 27.1 Å². The van der Waals surface area contributed by atoms with Gasteiger partial charge in [-0.25, -0.2) is 8.42 Å². The molecule has 0 saturated carbocycles. The van der Waals surface area contributed by atoms with Crippen LogP contribution in [0.4, 0.5) is 11.4 Å². The maximum absolute atomic E-state index is 12.3. The number of benzene rings is 2. The van der Waals surface area contributed by atoms with Gasteiger partial charge in [0.2, 0.25) is 10.0 Å². The van der Waals surface area contributed by atoms with E-state index >= 15 is 0 Å². The molecule has 7 heteroatoms. The second kappa shape index (κ2) is 7.51. The molecule has 0 bridgehead atoms. The molecule has 2 aromatic carbocycles. The van der Waals surface area contributed by atoms with E-state index < -0.39 is 10.0 Å². The second-order valence-electron chi connectivity index (χ2n) is 5.06. The lowest BCUT2D eigenvalue weighted by Crippen LogP contribution is -2.29. The molecule has 0 atom stereocenters. The number of para-hydroxylation sites is 1. The number of hydrogen-bond acceptors (Lipinski definition) is 3. The first kappa shape index (κ1) is 18.0. The third-order valence-electron chi connectivity index (χ3n) is 3.23. The molecule has 24 heavy (non-hydrogen) atoms. The van der Waals surface area contributed by atoms with Crippen molar-refractivity contribution in [3.8, 4) is 0 Å². The average Bonchev–Trinajstić information content (AvgIpc) is 2.54. The van der Waals surface area contributed by atoms with Gasteiger partial charge in [0, 0.05) is 5.56 Å². The van der Waals surface area contributed by atoms with Crippen molar-refractivity contribution >= 4 is 38.9 Å². The molecule has 0 spiro atoms. The molecular weight excluding hydrogens is 348 g/mol. The molecular formula is C17H17ClN2O3S. The van der Waals surface area contributed by atoms with Gasteiger partial charge in [0.25, 0.3) is 5.91 Å². The Bertz CT molecular complexity index is 848. The maximum Gasteiger partial charge on any atom is 0.255 e. The lowest BCUT2D eigenvalue weighted by molar-refractivity contribution is 0.102. The standard InChI is InChI=1S/C17H17ClN2O3S/c1-3-12-20(24(2,22)23)14-10-8-13(9-11-14)17(21)19-16-7-5-4-6-15(16)18/h3-11H,1,12H2,2H3,(H,19,21). The van der Waals surface area contributed by atoms with E-state index in [9.17, 15) is 13.2 Å². The van der Waals surface area contributed by atoms with Crippen molar-refractivity contribution in [2.45, 2.75) is 0 Å². The molecule has 0 fully saturated rings. The van der Waals surface area contributed by atoms with Crippen LogP contribution in [0.15, 0.2) is 61.2 Å². The van der Waals surface area contributed by atoms with E-state index in [1.165, 1.54) is 10.4 Å². The van der Waals surface area contributed by atoms with E-state index in [0.29, 0.717) is 22.0 Å². The number of carbonyl (C=O) groups excluding carboxylic acids is 1. The van der Waals surface area contributed by atoms with Crippen molar-refractivity contribution in [3.05, 3.63) is 71.8 Å². The monoisotopic (exact) mass is 364 g/mol. The third kappa shape index (κ3) is 4.37. The molecule has 0 unspecified atom stereocenters. The van der Waals surface area contributed by atoms with Crippen LogP contribution >= 0.6 is 11.6 Å². The fourth-order valence-corrected chi connectivity index (χ4v) is 3.15. The van der Waals surface area contributed by atoms with E-state index in [1.807, 2.05) is 0 Å². The first-order chi connectivity index (χ1) is 11.3. The average molecular weight is 365 g/mol. The van der Waals surface area contributed by atoms with E-state index in [0.717, 1.165) is 6.26 Å². The molecule has 0 aliphatic carbocycles. The highest BCUT2D eigenvalue weighted by Crippen LogP contribution is 2.22. The number of halogens is 1. The summed E-state index contributed by atoms with van der Waals surface area (Å²) in [7, 11) is -3.42. The highest BCUT2D eigenvalue weighted by atomic mass is 35.5. The van der Waals surface area contributed by atoms with Gasteiger partial charge in [-0.2, -0.15) is 0 Å².